The van der Waals surface area contributed by atoms with E-state index in [0.29, 0.717) is 0 Å². The van der Waals surface area contributed by atoms with Crippen LogP contribution in [0.2, 0.25) is 0 Å². The highest BCUT2D eigenvalue weighted by Gasteiger charge is 2.33. The Morgan fingerprint density at radius 2 is 2.08 bits per heavy atom. The Hall–Kier alpha value is -2.75. The van der Waals surface area contributed by atoms with Gasteiger partial charge in [0.1, 0.15) is 23.6 Å². The smallest absolute Gasteiger partial charge is 0.272 e. The molecule has 0 heterocycles. The van der Waals surface area contributed by atoms with Gasteiger partial charge in [0.05, 0.1) is 12.3 Å². The Bertz CT molecular complexity index is 658. The lowest BCUT2D eigenvalue weighted by Crippen LogP contribution is -2.58. The van der Waals surface area contributed by atoms with Crippen LogP contribution in [0.1, 0.15) is 6.92 Å². The largest absolute Gasteiger partial charge is 0.488 e. The van der Waals surface area contributed by atoms with Crippen LogP contribution in [0, 0.1) is 5.41 Å². The van der Waals surface area contributed by atoms with Crippen LogP contribution in [0.3, 0.4) is 0 Å². The number of primary amides is 1. The number of nitrogens with two attached hydrogens (primary N) is 1. The highest BCUT2D eigenvalue weighted by molar-refractivity contribution is 6.15. The minimum Gasteiger partial charge on any atom is -0.488 e. The zero-order valence-corrected chi connectivity index (χ0v) is 13.7. The number of hydrogen-bond acceptors (Lipinski definition) is 6. The highest BCUT2D eigenvalue weighted by Crippen LogP contribution is 2.18. The van der Waals surface area contributed by atoms with Crippen molar-refractivity contribution in [3.05, 3.63) is 35.3 Å². The molecule has 0 aliphatic heterocycles. The second kappa shape index (κ2) is 8.38. The summed E-state index contributed by atoms with van der Waals surface area (Å²) in [5.41, 5.74) is 3.33. The summed E-state index contributed by atoms with van der Waals surface area (Å²) < 4.78 is 29.4. The molecule has 0 aromatic rings. The van der Waals surface area contributed by atoms with Gasteiger partial charge in [-0.1, -0.05) is 0 Å². The summed E-state index contributed by atoms with van der Waals surface area (Å²) in [5.74, 6) is -1.71. The van der Waals surface area contributed by atoms with Crippen molar-refractivity contribution in [2.24, 2.45) is 5.73 Å². The number of likely N-dealkylation sites (N-methyl/N-ethyl adjacent to an activating group) is 1. The molecule has 0 fully saturated rings. The fourth-order valence-corrected chi connectivity index (χ4v) is 1.84. The minimum atomic E-state index is -2.67. The molecule has 8 nitrogen and oxygen atoms in total. The van der Waals surface area contributed by atoms with Gasteiger partial charge < -0.3 is 31.6 Å². The van der Waals surface area contributed by atoms with Crippen molar-refractivity contribution in [1.29, 1.82) is 5.41 Å². The maximum atomic E-state index is 12.4. The highest BCUT2D eigenvalue weighted by atomic mass is 19.3. The Balaban J connectivity index is 3.15. The topological polar surface area (TPSA) is 138 Å². The molecule has 6 N–H and O–H groups in total. The van der Waals surface area contributed by atoms with E-state index in [1.807, 2.05) is 0 Å². The van der Waals surface area contributed by atoms with E-state index in [1.165, 1.54) is 32.2 Å². The lowest BCUT2D eigenvalue weighted by molar-refractivity contribution is -0.131. The molecule has 0 aromatic carbocycles. The summed E-state index contributed by atoms with van der Waals surface area (Å²) in [6, 6.07) is 0. The lowest BCUT2D eigenvalue weighted by atomic mass is 9.99. The molecule has 10 heteroatoms. The summed E-state index contributed by atoms with van der Waals surface area (Å²) in [7, 11) is 1.40. The van der Waals surface area contributed by atoms with Gasteiger partial charge >= 0.3 is 0 Å². The zero-order valence-electron chi connectivity index (χ0n) is 13.7. The number of hydrogen-bond donors (Lipinski definition) is 5. The van der Waals surface area contributed by atoms with Crippen LogP contribution in [-0.4, -0.2) is 54.9 Å². The van der Waals surface area contributed by atoms with E-state index in [4.69, 9.17) is 15.9 Å². The quantitative estimate of drug-likeness (QED) is 0.375. The molecule has 1 unspecified atom stereocenters. The molecular formula is C15H20F2N4O4. The Morgan fingerprint density at radius 1 is 1.44 bits per heavy atom. The summed E-state index contributed by atoms with van der Waals surface area (Å²) >= 11 is 0. The van der Waals surface area contributed by atoms with E-state index in [2.05, 4.69) is 10.6 Å². The van der Waals surface area contributed by atoms with Gasteiger partial charge in [0.2, 0.25) is 5.91 Å². The molecule has 1 aliphatic carbocycles. The number of carbonyl (C=O) groups is 2. The van der Waals surface area contributed by atoms with E-state index < -0.39 is 37.0 Å². The monoisotopic (exact) mass is 358 g/mol. The number of amides is 2. The third-order valence-electron chi connectivity index (χ3n) is 3.36. The first-order valence-corrected chi connectivity index (χ1v) is 7.19. The SMILES string of the molecule is CN/C(C(=O)NC(C)(CO)C(N)=O)=C1/C=C(OCC(F)F)C=CC1=N. The van der Waals surface area contributed by atoms with Crippen molar-refractivity contribution in [3.8, 4) is 0 Å². The third-order valence-corrected chi connectivity index (χ3v) is 3.36. The van der Waals surface area contributed by atoms with Crippen LogP contribution in [0.4, 0.5) is 8.78 Å². The normalized spacial score (nSPS) is 18.3. The lowest BCUT2D eigenvalue weighted by Gasteiger charge is -2.26. The number of halogens is 2. The molecule has 0 saturated carbocycles. The van der Waals surface area contributed by atoms with Crippen molar-refractivity contribution in [1.82, 2.24) is 10.6 Å². The molecule has 25 heavy (non-hydrogen) atoms. The van der Waals surface area contributed by atoms with E-state index >= 15 is 0 Å². The van der Waals surface area contributed by atoms with Gasteiger partial charge in [-0.2, -0.15) is 0 Å². The van der Waals surface area contributed by atoms with Crippen molar-refractivity contribution in [2.75, 3.05) is 20.3 Å². The van der Waals surface area contributed by atoms with Crippen LogP contribution in [-0.2, 0) is 14.3 Å². The first kappa shape index (κ1) is 20.3. The average molecular weight is 358 g/mol. The van der Waals surface area contributed by atoms with Gasteiger partial charge in [-0.05, 0) is 25.2 Å². The molecule has 0 aromatic heterocycles. The van der Waals surface area contributed by atoms with Gasteiger partial charge in [-0.3, -0.25) is 9.59 Å². The number of aliphatic hydroxyl groups is 1. The number of allylic oxidation sites excluding steroid dienone is 4. The van der Waals surface area contributed by atoms with Gasteiger partial charge in [0.15, 0.2) is 0 Å². The molecule has 138 valence electrons. The zero-order chi connectivity index (χ0) is 19.2. The van der Waals surface area contributed by atoms with E-state index in [-0.39, 0.29) is 22.7 Å². The summed E-state index contributed by atoms with van der Waals surface area (Å²) in [6.45, 7) is -0.317. The Kier molecular flexibility index (Phi) is 6.80. The number of alkyl halides is 2. The number of ether oxygens (including phenoxy) is 1. The molecule has 0 spiro atoms. The molecule has 0 radical (unpaired) electrons. The second-order valence-corrected chi connectivity index (χ2v) is 5.34. The van der Waals surface area contributed by atoms with Gasteiger partial charge in [0.25, 0.3) is 12.3 Å². The van der Waals surface area contributed by atoms with E-state index in [9.17, 15) is 23.5 Å². The Labute approximate surface area is 142 Å². The molecule has 2 amide bonds. The first-order valence-electron chi connectivity index (χ1n) is 7.19. The number of carbonyl (C=O) groups excluding carboxylic acids is 2. The predicted octanol–water partition coefficient (Wildman–Crippen LogP) is -0.432. The first-order chi connectivity index (χ1) is 11.6. The average Bonchev–Trinajstić information content (AvgIpc) is 2.55. The fraction of sp³-hybridized carbons (Fsp3) is 0.400. The molecule has 1 aliphatic rings. The minimum absolute atomic E-state index is 0.0478. The molecule has 0 saturated heterocycles. The number of nitrogens with one attached hydrogen (secondary N) is 3. The molecule has 0 bridgehead atoms. The maximum absolute atomic E-state index is 12.4. The van der Waals surface area contributed by atoms with E-state index in [0.717, 1.165) is 0 Å². The van der Waals surface area contributed by atoms with Gasteiger partial charge in [-0.15, -0.1) is 0 Å². The standard InChI is InChI=1S/C15H20F2N4O4/c1-15(7-22,14(19)24)21-13(23)12(20-2)9-5-8(3-4-10(9)18)25-6-11(16)17/h3-5,11,18,20,22H,6-7H2,1-2H3,(H2,19,24)(H,21,23)/b12-9-,18-10?. The second-order valence-electron chi connectivity index (χ2n) is 5.34. The van der Waals surface area contributed by atoms with E-state index in [1.54, 1.807) is 0 Å². The maximum Gasteiger partial charge on any atom is 0.272 e. The van der Waals surface area contributed by atoms with Crippen LogP contribution in [0.15, 0.2) is 35.3 Å². The Morgan fingerprint density at radius 3 is 2.56 bits per heavy atom. The number of rotatable bonds is 8. The molecule has 1 rings (SSSR count). The predicted molar refractivity (Wildman–Crippen MR) is 85.8 cm³/mol. The van der Waals surface area contributed by atoms with Crippen LogP contribution >= 0.6 is 0 Å². The van der Waals surface area contributed by atoms with Crippen molar-refractivity contribution >= 4 is 17.5 Å². The summed E-state index contributed by atoms with van der Waals surface area (Å²) in [5, 5.41) is 22.0. The van der Waals surface area contributed by atoms with Crippen LogP contribution in [0.5, 0.6) is 0 Å². The van der Waals surface area contributed by atoms with Crippen LogP contribution in [0.25, 0.3) is 0 Å². The third kappa shape index (κ3) is 5.11. The van der Waals surface area contributed by atoms with Crippen LogP contribution < -0.4 is 16.4 Å². The molecule has 1 atom stereocenters. The van der Waals surface area contributed by atoms with Crippen molar-refractivity contribution in [2.45, 2.75) is 18.9 Å². The van der Waals surface area contributed by atoms with Gasteiger partial charge in [0, 0.05) is 12.6 Å². The summed E-state index contributed by atoms with van der Waals surface area (Å²) in [6.07, 6.45) is 1.17. The van der Waals surface area contributed by atoms with Crippen molar-refractivity contribution < 1.29 is 28.2 Å². The number of aliphatic hydroxyl groups excluding tert-OH is 1. The summed E-state index contributed by atoms with van der Waals surface area (Å²) in [4.78, 5) is 23.8. The van der Waals surface area contributed by atoms with Gasteiger partial charge in [-0.25, -0.2) is 8.78 Å². The fourth-order valence-electron chi connectivity index (χ4n) is 1.84. The molecular weight excluding hydrogens is 338 g/mol. The van der Waals surface area contributed by atoms with Crippen molar-refractivity contribution in [3.63, 3.8) is 0 Å².